The average molecular weight is 356 g/mol. The molecule has 2 aromatic carbocycles. The number of nitrogens with zero attached hydrogens (tertiary/aromatic N) is 1. The van der Waals surface area contributed by atoms with Gasteiger partial charge in [0, 0.05) is 5.38 Å². The smallest absolute Gasteiger partial charge is 0.254 e. The summed E-state index contributed by atoms with van der Waals surface area (Å²) >= 11 is 1.24. The monoisotopic (exact) mass is 356 g/mol. The number of benzene rings is 2. The summed E-state index contributed by atoms with van der Waals surface area (Å²) in [5.41, 5.74) is 1.89. The highest BCUT2D eigenvalue weighted by atomic mass is 32.1. The minimum absolute atomic E-state index is 0.145. The number of carbonyl (C=O) groups is 1. The van der Waals surface area contributed by atoms with Crippen molar-refractivity contribution >= 4 is 17.4 Å². The van der Waals surface area contributed by atoms with Gasteiger partial charge in [0.2, 0.25) is 0 Å². The summed E-state index contributed by atoms with van der Waals surface area (Å²) in [5, 5.41) is 4.56. The molecule has 0 aliphatic carbocycles. The van der Waals surface area contributed by atoms with Gasteiger partial charge < -0.3 is 10.1 Å². The van der Waals surface area contributed by atoms with Crippen LogP contribution >= 0.6 is 11.5 Å². The molecule has 25 heavy (non-hydrogen) atoms. The van der Waals surface area contributed by atoms with Crippen LogP contribution in [0.4, 0.5) is 4.39 Å². The molecule has 0 fully saturated rings. The number of rotatable bonds is 5. The van der Waals surface area contributed by atoms with Gasteiger partial charge in [0.1, 0.15) is 5.75 Å². The standard InChI is InChI=1S/C19H17FN2O2S/c1-12(21-19(23)16-11-25-22-13(16)2)14-8-9-18(17(20)10-14)24-15-6-4-3-5-7-15/h3-12H,1-2H3,(H,21,23). The molecule has 0 spiro atoms. The van der Waals surface area contributed by atoms with Crippen LogP contribution in [0.3, 0.4) is 0 Å². The Morgan fingerprint density at radius 3 is 2.64 bits per heavy atom. The Morgan fingerprint density at radius 2 is 2.00 bits per heavy atom. The molecule has 1 aromatic heterocycles. The molecule has 1 N–H and O–H groups in total. The van der Waals surface area contributed by atoms with Crippen molar-refractivity contribution < 1.29 is 13.9 Å². The van der Waals surface area contributed by atoms with Crippen LogP contribution in [0.15, 0.2) is 53.9 Å². The molecule has 3 aromatic rings. The first-order valence-corrected chi connectivity index (χ1v) is 8.62. The quantitative estimate of drug-likeness (QED) is 0.709. The van der Waals surface area contributed by atoms with Gasteiger partial charge in [-0.2, -0.15) is 4.37 Å². The predicted molar refractivity (Wildman–Crippen MR) is 95.6 cm³/mol. The van der Waals surface area contributed by atoms with E-state index in [2.05, 4.69) is 9.69 Å². The van der Waals surface area contributed by atoms with Crippen molar-refractivity contribution in [1.82, 2.24) is 9.69 Å². The minimum Gasteiger partial charge on any atom is -0.454 e. The summed E-state index contributed by atoms with van der Waals surface area (Å²) < 4.78 is 23.9. The summed E-state index contributed by atoms with van der Waals surface area (Å²) in [7, 11) is 0. The highest BCUT2D eigenvalue weighted by Crippen LogP contribution is 2.27. The fraction of sp³-hybridized carbons (Fsp3) is 0.158. The highest BCUT2D eigenvalue weighted by Gasteiger charge is 2.16. The molecule has 0 saturated carbocycles. The van der Waals surface area contributed by atoms with E-state index < -0.39 is 5.82 Å². The van der Waals surface area contributed by atoms with Crippen LogP contribution < -0.4 is 10.1 Å². The fourth-order valence-corrected chi connectivity index (χ4v) is 3.04. The van der Waals surface area contributed by atoms with Gasteiger partial charge in [0.25, 0.3) is 5.91 Å². The van der Waals surface area contributed by atoms with Crippen molar-refractivity contribution in [3.63, 3.8) is 0 Å². The lowest BCUT2D eigenvalue weighted by Crippen LogP contribution is -2.26. The lowest BCUT2D eigenvalue weighted by Gasteiger charge is -2.15. The number of hydrogen-bond donors (Lipinski definition) is 1. The van der Waals surface area contributed by atoms with Crippen LogP contribution in [-0.2, 0) is 0 Å². The largest absolute Gasteiger partial charge is 0.454 e. The van der Waals surface area contributed by atoms with Crippen LogP contribution in [0.2, 0.25) is 0 Å². The summed E-state index contributed by atoms with van der Waals surface area (Å²) in [5.74, 6) is 0.0156. The summed E-state index contributed by atoms with van der Waals surface area (Å²) in [6.45, 7) is 3.59. The second-order valence-electron chi connectivity index (χ2n) is 5.61. The van der Waals surface area contributed by atoms with E-state index in [-0.39, 0.29) is 17.7 Å². The van der Waals surface area contributed by atoms with E-state index in [1.54, 1.807) is 43.5 Å². The molecule has 128 valence electrons. The van der Waals surface area contributed by atoms with Crippen LogP contribution in [0.25, 0.3) is 0 Å². The predicted octanol–water partition coefficient (Wildman–Crippen LogP) is 4.87. The van der Waals surface area contributed by atoms with E-state index in [0.29, 0.717) is 22.6 Å². The number of hydrogen-bond acceptors (Lipinski definition) is 4. The number of aromatic nitrogens is 1. The molecule has 1 amide bonds. The van der Waals surface area contributed by atoms with Gasteiger partial charge in [0.05, 0.1) is 17.3 Å². The van der Waals surface area contributed by atoms with E-state index in [1.165, 1.54) is 17.6 Å². The third-order valence-electron chi connectivity index (χ3n) is 3.77. The average Bonchev–Trinajstić information content (AvgIpc) is 3.03. The van der Waals surface area contributed by atoms with Crippen molar-refractivity contribution in [1.29, 1.82) is 0 Å². The molecule has 1 atom stereocenters. The molecule has 4 nitrogen and oxygen atoms in total. The Labute approximate surface area is 149 Å². The van der Waals surface area contributed by atoms with E-state index in [4.69, 9.17) is 4.74 Å². The maximum Gasteiger partial charge on any atom is 0.254 e. The van der Waals surface area contributed by atoms with E-state index in [0.717, 1.165) is 0 Å². The van der Waals surface area contributed by atoms with Crippen molar-refractivity contribution in [2.75, 3.05) is 0 Å². The molecule has 0 saturated heterocycles. The van der Waals surface area contributed by atoms with Gasteiger partial charge in [-0.25, -0.2) is 4.39 Å². The molecular formula is C19H17FN2O2S. The second kappa shape index (κ2) is 7.44. The van der Waals surface area contributed by atoms with Crippen molar-refractivity contribution in [2.24, 2.45) is 0 Å². The molecular weight excluding hydrogens is 339 g/mol. The Bertz CT molecular complexity index is 880. The van der Waals surface area contributed by atoms with Crippen molar-refractivity contribution in [3.8, 4) is 11.5 Å². The van der Waals surface area contributed by atoms with Crippen molar-refractivity contribution in [3.05, 3.63) is 76.5 Å². The molecule has 3 rings (SSSR count). The number of nitrogens with one attached hydrogen (secondary N) is 1. The zero-order valence-corrected chi connectivity index (χ0v) is 14.6. The second-order valence-corrected chi connectivity index (χ2v) is 6.24. The van der Waals surface area contributed by atoms with Crippen molar-refractivity contribution in [2.45, 2.75) is 19.9 Å². The Morgan fingerprint density at radius 1 is 1.24 bits per heavy atom. The Kier molecular flexibility index (Phi) is 5.09. The fourth-order valence-electron chi connectivity index (χ4n) is 2.35. The maximum absolute atomic E-state index is 14.3. The number of aryl methyl sites for hydroxylation is 1. The molecule has 0 aliphatic heterocycles. The number of ether oxygens (including phenoxy) is 1. The Hall–Kier alpha value is -2.73. The highest BCUT2D eigenvalue weighted by molar-refractivity contribution is 7.03. The van der Waals surface area contributed by atoms with E-state index >= 15 is 0 Å². The molecule has 0 radical (unpaired) electrons. The summed E-state index contributed by atoms with van der Waals surface area (Å²) in [6, 6.07) is 13.4. The first-order valence-electron chi connectivity index (χ1n) is 7.79. The van der Waals surface area contributed by atoms with Crippen LogP contribution in [-0.4, -0.2) is 10.3 Å². The minimum atomic E-state index is -0.476. The third kappa shape index (κ3) is 4.03. The maximum atomic E-state index is 14.3. The van der Waals surface area contributed by atoms with Crippen LogP contribution in [0.5, 0.6) is 11.5 Å². The number of carbonyl (C=O) groups excluding carboxylic acids is 1. The Balaban J connectivity index is 1.71. The zero-order valence-electron chi connectivity index (χ0n) is 13.8. The van der Waals surface area contributed by atoms with Gasteiger partial charge in [-0.05, 0) is 55.2 Å². The van der Waals surface area contributed by atoms with Gasteiger partial charge in [-0.15, -0.1) is 0 Å². The van der Waals surface area contributed by atoms with Gasteiger partial charge in [-0.3, -0.25) is 4.79 Å². The lowest BCUT2D eigenvalue weighted by atomic mass is 10.1. The first-order chi connectivity index (χ1) is 12.0. The molecule has 6 heteroatoms. The SMILES string of the molecule is Cc1nscc1C(=O)NC(C)c1ccc(Oc2ccccc2)c(F)c1. The topological polar surface area (TPSA) is 51.2 Å². The number of halogens is 1. The van der Waals surface area contributed by atoms with E-state index in [1.807, 2.05) is 18.2 Å². The van der Waals surface area contributed by atoms with Gasteiger partial charge in [0.15, 0.2) is 11.6 Å². The summed E-state index contributed by atoms with van der Waals surface area (Å²) in [6.07, 6.45) is 0. The van der Waals surface area contributed by atoms with Crippen LogP contribution in [0, 0.1) is 12.7 Å². The van der Waals surface area contributed by atoms with E-state index in [9.17, 15) is 9.18 Å². The van der Waals surface area contributed by atoms with Gasteiger partial charge >= 0.3 is 0 Å². The van der Waals surface area contributed by atoms with Gasteiger partial charge in [-0.1, -0.05) is 24.3 Å². The lowest BCUT2D eigenvalue weighted by molar-refractivity contribution is 0.0939. The summed E-state index contributed by atoms with van der Waals surface area (Å²) in [4.78, 5) is 12.2. The van der Waals surface area contributed by atoms with Crippen LogP contribution in [0.1, 0.15) is 34.6 Å². The number of para-hydroxylation sites is 1. The molecule has 0 bridgehead atoms. The third-order valence-corrected chi connectivity index (χ3v) is 4.49. The molecule has 1 unspecified atom stereocenters. The molecule has 1 heterocycles. The zero-order chi connectivity index (χ0) is 17.8. The normalized spacial score (nSPS) is 11.8. The first kappa shape index (κ1) is 17.1. The number of amides is 1. The molecule has 0 aliphatic rings.